The minimum atomic E-state index is -0.921. The summed E-state index contributed by atoms with van der Waals surface area (Å²) in [5.41, 5.74) is -0.633. The van der Waals surface area contributed by atoms with Crippen LogP contribution in [0.5, 0.6) is 5.75 Å². The molecule has 0 spiro atoms. The van der Waals surface area contributed by atoms with Gasteiger partial charge in [0.25, 0.3) is 0 Å². The highest BCUT2D eigenvalue weighted by atomic mass is 16.6. The molecule has 0 radical (unpaired) electrons. The fourth-order valence-electron chi connectivity index (χ4n) is 3.79. The zero-order valence-electron chi connectivity index (χ0n) is 23.4. The first kappa shape index (κ1) is 31.3. The van der Waals surface area contributed by atoms with Gasteiger partial charge in [-0.1, -0.05) is 51.2 Å². The zero-order valence-corrected chi connectivity index (χ0v) is 23.4. The van der Waals surface area contributed by atoms with Gasteiger partial charge in [0.15, 0.2) is 0 Å². The van der Waals surface area contributed by atoms with Crippen LogP contribution in [-0.2, 0) is 14.3 Å². The monoisotopic (exact) mass is 505 g/mol. The first-order chi connectivity index (χ1) is 16.6. The number of phenols is 1. The van der Waals surface area contributed by atoms with Crippen molar-refractivity contribution < 1.29 is 24.2 Å². The molecule has 0 saturated carbocycles. The second-order valence-electron chi connectivity index (χ2n) is 11.4. The number of aromatic hydroxyl groups is 1. The highest BCUT2D eigenvalue weighted by Gasteiger charge is 2.35. The molecule has 0 bridgehead atoms. The second-order valence-corrected chi connectivity index (χ2v) is 11.4. The molecule has 2 atom stereocenters. The van der Waals surface area contributed by atoms with Crippen LogP contribution in [0, 0.1) is 0 Å². The molecule has 1 aromatic rings. The van der Waals surface area contributed by atoms with E-state index in [1.54, 1.807) is 39.8 Å². The molecule has 8 heteroatoms. The minimum absolute atomic E-state index is 0.0718. The van der Waals surface area contributed by atoms with Gasteiger partial charge in [-0.3, -0.25) is 9.59 Å². The lowest BCUT2D eigenvalue weighted by Gasteiger charge is -2.35. The first-order valence-electron chi connectivity index (χ1n) is 13.1. The van der Waals surface area contributed by atoms with Crippen LogP contribution < -0.4 is 10.6 Å². The normalized spacial score (nSPS) is 13.4. The molecule has 1 aromatic carbocycles. The van der Waals surface area contributed by atoms with E-state index in [1.165, 1.54) is 23.5 Å². The predicted molar refractivity (Wildman–Crippen MR) is 143 cm³/mol. The van der Waals surface area contributed by atoms with E-state index in [0.29, 0.717) is 12.1 Å². The third-order valence-electron chi connectivity index (χ3n) is 5.41. The van der Waals surface area contributed by atoms with Crippen molar-refractivity contribution in [1.82, 2.24) is 15.5 Å². The largest absolute Gasteiger partial charge is 0.508 e. The molecule has 204 valence electrons. The summed E-state index contributed by atoms with van der Waals surface area (Å²) in [5, 5.41) is 15.4. The number of alkyl carbamates (subject to hydrolysis) is 1. The molecule has 0 heterocycles. The van der Waals surface area contributed by atoms with Crippen LogP contribution >= 0.6 is 0 Å². The molecule has 0 aliphatic heterocycles. The van der Waals surface area contributed by atoms with Gasteiger partial charge in [0.2, 0.25) is 11.8 Å². The van der Waals surface area contributed by atoms with Gasteiger partial charge < -0.3 is 25.4 Å². The van der Waals surface area contributed by atoms with Crippen molar-refractivity contribution in [2.75, 3.05) is 6.54 Å². The van der Waals surface area contributed by atoms with Gasteiger partial charge in [0, 0.05) is 12.1 Å². The van der Waals surface area contributed by atoms with E-state index in [4.69, 9.17) is 4.74 Å². The molecule has 3 amide bonds. The number of nitrogens with zero attached hydrogens (tertiary/aromatic N) is 1. The topological polar surface area (TPSA) is 108 Å². The van der Waals surface area contributed by atoms with Crippen LogP contribution in [-0.4, -0.2) is 51.6 Å². The molecule has 0 aromatic heterocycles. The summed E-state index contributed by atoms with van der Waals surface area (Å²) in [5.74, 6) is -0.629. The van der Waals surface area contributed by atoms with E-state index >= 15 is 0 Å². The van der Waals surface area contributed by atoms with E-state index in [-0.39, 0.29) is 17.6 Å². The lowest BCUT2D eigenvalue weighted by atomic mass is 10.00. The Morgan fingerprint density at radius 2 is 1.50 bits per heavy atom. The summed E-state index contributed by atoms with van der Waals surface area (Å²) >= 11 is 0. The summed E-state index contributed by atoms with van der Waals surface area (Å²) in [4.78, 5) is 41.1. The fourth-order valence-corrected chi connectivity index (χ4v) is 3.79. The smallest absolute Gasteiger partial charge is 0.408 e. The van der Waals surface area contributed by atoms with Crippen LogP contribution in [0.4, 0.5) is 4.79 Å². The van der Waals surface area contributed by atoms with Crippen LogP contribution in [0.25, 0.3) is 0 Å². The van der Waals surface area contributed by atoms with Gasteiger partial charge in [0.05, 0.1) is 0 Å². The van der Waals surface area contributed by atoms with Gasteiger partial charge in [-0.15, -0.1) is 0 Å². The maximum absolute atomic E-state index is 13.7. The van der Waals surface area contributed by atoms with Crippen molar-refractivity contribution in [2.45, 2.75) is 117 Å². The Labute approximate surface area is 217 Å². The Morgan fingerprint density at radius 1 is 0.944 bits per heavy atom. The summed E-state index contributed by atoms with van der Waals surface area (Å²) in [7, 11) is 0. The van der Waals surface area contributed by atoms with Crippen LogP contribution in [0.15, 0.2) is 24.3 Å². The van der Waals surface area contributed by atoms with E-state index in [2.05, 4.69) is 17.6 Å². The Balaban J connectivity index is 3.26. The molecule has 0 aliphatic rings. The molecule has 1 rings (SSSR count). The second kappa shape index (κ2) is 14.1. The van der Waals surface area contributed by atoms with E-state index < -0.39 is 29.3 Å². The summed E-state index contributed by atoms with van der Waals surface area (Å²) in [6.45, 7) is 15.0. The number of rotatable bonds is 12. The molecule has 2 unspecified atom stereocenters. The van der Waals surface area contributed by atoms with E-state index in [1.807, 2.05) is 20.8 Å². The molecule has 8 nitrogen and oxygen atoms in total. The summed E-state index contributed by atoms with van der Waals surface area (Å²) in [6, 6.07) is 4.48. The average molecular weight is 506 g/mol. The number of carbonyl (C=O) groups excluding carboxylic acids is 3. The highest BCUT2D eigenvalue weighted by molar-refractivity contribution is 5.92. The Bertz CT molecular complexity index is 840. The fraction of sp³-hybridized carbons (Fsp3) is 0.679. The molecule has 0 aliphatic carbocycles. The Morgan fingerprint density at radius 3 is 2.03 bits per heavy atom. The predicted octanol–water partition coefficient (Wildman–Crippen LogP) is 5.45. The lowest BCUT2D eigenvalue weighted by Crippen LogP contribution is -2.54. The van der Waals surface area contributed by atoms with Gasteiger partial charge in [0.1, 0.15) is 23.4 Å². The third-order valence-corrected chi connectivity index (χ3v) is 5.41. The van der Waals surface area contributed by atoms with Crippen LogP contribution in [0.1, 0.15) is 106 Å². The van der Waals surface area contributed by atoms with Gasteiger partial charge >= 0.3 is 6.09 Å². The molecular weight excluding hydrogens is 458 g/mol. The Hall–Kier alpha value is -2.77. The highest BCUT2D eigenvalue weighted by Crippen LogP contribution is 2.26. The van der Waals surface area contributed by atoms with E-state index in [0.717, 1.165) is 32.1 Å². The first-order valence-corrected chi connectivity index (χ1v) is 13.1. The van der Waals surface area contributed by atoms with Crippen molar-refractivity contribution >= 4 is 17.9 Å². The number of nitrogens with one attached hydrogen (secondary N) is 2. The third kappa shape index (κ3) is 11.8. The molecule has 3 N–H and O–H groups in total. The number of unbranched alkanes of at least 4 members (excludes halogenated alkanes) is 5. The molecule has 0 fully saturated rings. The lowest BCUT2D eigenvalue weighted by molar-refractivity contribution is -0.142. The maximum atomic E-state index is 13.7. The van der Waals surface area contributed by atoms with Gasteiger partial charge in [-0.05, 0) is 72.6 Å². The average Bonchev–Trinajstić information content (AvgIpc) is 2.73. The molecular formula is C28H47N3O5. The van der Waals surface area contributed by atoms with Crippen molar-refractivity contribution in [3.8, 4) is 5.75 Å². The number of amides is 3. The number of hydrogen-bond acceptors (Lipinski definition) is 5. The van der Waals surface area contributed by atoms with E-state index in [9.17, 15) is 19.5 Å². The van der Waals surface area contributed by atoms with Crippen LogP contribution in [0.3, 0.4) is 0 Å². The Kier molecular flexibility index (Phi) is 12.2. The number of ether oxygens (including phenoxy) is 1. The molecule has 0 saturated heterocycles. The quantitative estimate of drug-likeness (QED) is 0.327. The van der Waals surface area contributed by atoms with Gasteiger partial charge in [-0.25, -0.2) is 4.79 Å². The summed E-state index contributed by atoms with van der Waals surface area (Å²) in [6.07, 6.45) is 5.47. The number of benzene rings is 1. The molecule has 36 heavy (non-hydrogen) atoms. The van der Waals surface area contributed by atoms with Crippen molar-refractivity contribution in [3.05, 3.63) is 29.8 Å². The van der Waals surface area contributed by atoms with Gasteiger partial charge in [-0.2, -0.15) is 0 Å². The summed E-state index contributed by atoms with van der Waals surface area (Å²) < 4.78 is 5.32. The zero-order chi connectivity index (χ0) is 27.5. The number of carbonyl (C=O) groups is 3. The SMILES string of the molecule is CCCCCCCCN(C(=O)C(C)NC(=O)OC(C)(C)C)C(C(=O)NC(C)(C)C)c1ccc(O)cc1. The van der Waals surface area contributed by atoms with Crippen LogP contribution in [0.2, 0.25) is 0 Å². The van der Waals surface area contributed by atoms with Crippen molar-refractivity contribution in [1.29, 1.82) is 0 Å². The van der Waals surface area contributed by atoms with Crippen molar-refractivity contribution in [3.63, 3.8) is 0 Å². The maximum Gasteiger partial charge on any atom is 0.408 e. The number of phenolic OH excluding ortho intramolecular Hbond substituents is 1. The number of hydrogen-bond donors (Lipinski definition) is 3. The standard InChI is InChI=1S/C28H47N3O5/c1-9-10-11-12-13-14-19-31(25(34)20(2)29-26(35)36-28(6,7)8)23(24(33)30-27(3,4)5)21-15-17-22(32)18-16-21/h15-18,20,23,32H,9-14,19H2,1-8H3,(H,29,35)(H,30,33). The minimum Gasteiger partial charge on any atom is -0.508 e. The van der Waals surface area contributed by atoms with Crippen molar-refractivity contribution in [2.24, 2.45) is 0 Å².